The van der Waals surface area contributed by atoms with Gasteiger partial charge >= 0.3 is 0 Å². The van der Waals surface area contributed by atoms with Crippen LogP contribution in [0.1, 0.15) is 33.1 Å². The van der Waals surface area contributed by atoms with Gasteiger partial charge in [0.05, 0.1) is 0 Å². The molecule has 0 N–H and O–H groups in total. The van der Waals surface area contributed by atoms with Crippen LogP contribution in [0.3, 0.4) is 0 Å². The zero-order chi connectivity index (χ0) is 7.90. The predicted octanol–water partition coefficient (Wildman–Crippen LogP) is 2.13. The summed E-state index contributed by atoms with van der Waals surface area (Å²) in [6, 6.07) is 0. The fraction of sp³-hybridized carbons (Fsp3) is 1.00. The van der Waals surface area contributed by atoms with Crippen molar-refractivity contribution in [1.29, 1.82) is 0 Å². The molecule has 1 saturated carbocycles. The van der Waals surface area contributed by atoms with Gasteiger partial charge in [0, 0.05) is 13.1 Å². The molecule has 1 heterocycles. The smallest absolute Gasteiger partial charge is 0.00507 e. The van der Waals surface area contributed by atoms with Gasteiger partial charge in [0.1, 0.15) is 0 Å². The van der Waals surface area contributed by atoms with Gasteiger partial charge in [-0.2, -0.15) is 0 Å². The lowest BCUT2D eigenvalue weighted by Gasteiger charge is -2.59. The molecule has 2 rings (SSSR count). The molecule has 0 aromatic rings. The third-order valence-electron chi connectivity index (χ3n) is 3.22. The molecule has 11 heavy (non-hydrogen) atoms. The molecule has 0 aromatic heterocycles. The Morgan fingerprint density at radius 3 is 2.45 bits per heavy atom. The van der Waals surface area contributed by atoms with Gasteiger partial charge in [-0.1, -0.05) is 13.8 Å². The normalized spacial score (nSPS) is 30.0. The molecule has 0 unspecified atom stereocenters. The van der Waals surface area contributed by atoms with Gasteiger partial charge in [-0.15, -0.1) is 0 Å². The van der Waals surface area contributed by atoms with Gasteiger partial charge in [0.25, 0.3) is 0 Å². The zero-order valence-corrected chi connectivity index (χ0v) is 7.77. The van der Waals surface area contributed by atoms with E-state index in [4.69, 9.17) is 0 Å². The van der Waals surface area contributed by atoms with Gasteiger partial charge in [0.2, 0.25) is 0 Å². The van der Waals surface area contributed by atoms with Crippen LogP contribution in [-0.2, 0) is 0 Å². The summed E-state index contributed by atoms with van der Waals surface area (Å²) in [6.45, 7) is 8.80. The van der Waals surface area contributed by atoms with E-state index in [9.17, 15) is 0 Å². The molecule has 0 aromatic carbocycles. The van der Waals surface area contributed by atoms with Gasteiger partial charge < -0.3 is 4.90 Å². The average molecular weight is 153 g/mol. The fourth-order valence-electron chi connectivity index (χ4n) is 3.05. The Bertz CT molecular complexity index is 139. The van der Waals surface area contributed by atoms with Gasteiger partial charge in [-0.25, -0.2) is 0 Å². The molecule has 1 aliphatic heterocycles. The van der Waals surface area contributed by atoms with E-state index in [1.165, 1.54) is 38.9 Å². The second-order valence-electron chi connectivity index (χ2n) is 4.72. The van der Waals surface area contributed by atoms with Gasteiger partial charge in [0.15, 0.2) is 0 Å². The summed E-state index contributed by atoms with van der Waals surface area (Å²) < 4.78 is 0. The van der Waals surface area contributed by atoms with Crippen molar-refractivity contribution in [3.05, 3.63) is 0 Å². The van der Waals surface area contributed by atoms with E-state index in [-0.39, 0.29) is 0 Å². The van der Waals surface area contributed by atoms with E-state index in [0.717, 1.165) is 11.3 Å². The summed E-state index contributed by atoms with van der Waals surface area (Å²) in [4.78, 5) is 2.60. The van der Waals surface area contributed by atoms with Crippen LogP contribution in [0.25, 0.3) is 0 Å². The van der Waals surface area contributed by atoms with Crippen LogP contribution in [-0.4, -0.2) is 24.5 Å². The molecular formula is C10H19N. The Morgan fingerprint density at radius 1 is 1.36 bits per heavy atom. The monoisotopic (exact) mass is 153 g/mol. The van der Waals surface area contributed by atoms with Crippen molar-refractivity contribution >= 4 is 0 Å². The van der Waals surface area contributed by atoms with Crippen molar-refractivity contribution in [1.82, 2.24) is 4.90 Å². The van der Waals surface area contributed by atoms with E-state index in [1.807, 2.05) is 0 Å². The van der Waals surface area contributed by atoms with Gasteiger partial charge in [-0.05, 0) is 37.1 Å². The van der Waals surface area contributed by atoms with Crippen LogP contribution in [0.15, 0.2) is 0 Å². The van der Waals surface area contributed by atoms with Crippen LogP contribution in [0.5, 0.6) is 0 Å². The lowest BCUT2D eigenvalue weighted by Crippen LogP contribution is -2.61. The molecule has 1 heteroatoms. The molecule has 0 atom stereocenters. The maximum atomic E-state index is 2.60. The van der Waals surface area contributed by atoms with E-state index in [2.05, 4.69) is 18.7 Å². The Kier molecular flexibility index (Phi) is 1.71. The Balaban J connectivity index is 1.72. The molecule has 2 aliphatic rings. The zero-order valence-electron chi connectivity index (χ0n) is 7.77. The summed E-state index contributed by atoms with van der Waals surface area (Å²) in [5.41, 5.74) is 0.814. The highest BCUT2D eigenvalue weighted by Gasteiger charge is 2.49. The number of likely N-dealkylation sites (tertiary alicyclic amines) is 1. The summed E-state index contributed by atoms with van der Waals surface area (Å²) in [7, 11) is 0. The molecule has 64 valence electrons. The maximum Gasteiger partial charge on any atom is 0.00507 e. The van der Waals surface area contributed by atoms with Crippen LogP contribution in [0.4, 0.5) is 0 Å². The standard InChI is InChI=1S/C10H19N/c1-3-4-11-7-10(8-11)5-9(2)6-10/h9H,3-8H2,1-2H3. The van der Waals surface area contributed by atoms with E-state index >= 15 is 0 Å². The Labute approximate surface area is 69.8 Å². The van der Waals surface area contributed by atoms with Crippen molar-refractivity contribution in [2.75, 3.05) is 19.6 Å². The molecule has 0 bridgehead atoms. The molecule has 1 spiro atoms. The second kappa shape index (κ2) is 2.48. The summed E-state index contributed by atoms with van der Waals surface area (Å²) in [5, 5.41) is 0. The quantitative estimate of drug-likeness (QED) is 0.587. The third kappa shape index (κ3) is 1.20. The first-order chi connectivity index (χ1) is 5.24. The number of hydrogen-bond acceptors (Lipinski definition) is 1. The average Bonchev–Trinajstić information content (AvgIpc) is 1.80. The first-order valence-corrected chi connectivity index (χ1v) is 4.96. The van der Waals surface area contributed by atoms with E-state index in [1.54, 1.807) is 0 Å². The minimum atomic E-state index is 0.814. The van der Waals surface area contributed by atoms with Crippen LogP contribution in [0, 0.1) is 11.3 Å². The number of nitrogens with zero attached hydrogens (tertiary/aromatic N) is 1. The van der Waals surface area contributed by atoms with Crippen molar-refractivity contribution < 1.29 is 0 Å². The SMILES string of the molecule is CCCN1CC2(CC(C)C2)C1. The molecule has 2 fully saturated rings. The lowest BCUT2D eigenvalue weighted by atomic mass is 9.58. The van der Waals surface area contributed by atoms with Gasteiger partial charge in [-0.3, -0.25) is 0 Å². The maximum absolute atomic E-state index is 2.60. The predicted molar refractivity (Wildman–Crippen MR) is 47.6 cm³/mol. The summed E-state index contributed by atoms with van der Waals surface area (Å²) in [5.74, 6) is 1.03. The highest BCUT2D eigenvalue weighted by molar-refractivity contribution is 5.02. The van der Waals surface area contributed by atoms with Crippen molar-refractivity contribution in [2.45, 2.75) is 33.1 Å². The highest BCUT2D eigenvalue weighted by Crippen LogP contribution is 2.51. The largest absolute Gasteiger partial charge is 0.302 e. The third-order valence-corrected chi connectivity index (χ3v) is 3.22. The van der Waals surface area contributed by atoms with E-state index in [0.29, 0.717) is 0 Å². The van der Waals surface area contributed by atoms with Crippen molar-refractivity contribution in [3.8, 4) is 0 Å². The summed E-state index contributed by atoms with van der Waals surface area (Å²) >= 11 is 0. The van der Waals surface area contributed by atoms with Crippen molar-refractivity contribution in [3.63, 3.8) is 0 Å². The molecule has 0 amide bonds. The Hall–Kier alpha value is -0.0400. The number of hydrogen-bond donors (Lipinski definition) is 0. The Morgan fingerprint density at radius 2 is 2.00 bits per heavy atom. The molecular weight excluding hydrogens is 134 g/mol. The lowest BCUT2D eigenvalue weighted by molar-refractivity contribution is -0.0885. The summed E-state index contributed by atoms with van der Waals surface area (Å²) in [6.07, 6.45) is 4.34. The first-order valence-electron chi connectivity index (χ1n) is 4.96. The minimum absolute atomic E-state index is 0.814. The molecule has 0 radical (unpaired) electrons. The topological polar surface area (TPSA) is 3.24 Å². The fourth-order valence-corrected chi connectivity index (χ4v) is 3.05. The van der Waals surface area contributed by atoms with E-state index < -0.39 is 0 Å². The van der Waals surface area contributed by atoms with Crippen LogP contribution in [0.2, 0.25) is 0 Å². The van der Waals surface area contributed by atoms with Crippen LogP contribution >= 0.6 is 0 Å². The second-order valence-corrected chi connectivity index (χ2v) is 4.72. The molecule has 1 aliphatic carbocycles. The molecule has 1 saturated heterocycles. The molecule has 1 nitrogen and oxygen atoms in total. The highest BCUT2D eigenvalue weighted by atomic mass is 15.2. The minimum Gasteiger partial charge on any atom is -0.302 e. The number of rotatable bonds is 2. The van der Waals surface area contributed by atoms with Crippen molar-refractivity contribution in [2.24, 2.45) is 11.3 Å². The van der Waals surface area contributed by atoms with Crippen LogP contribution < -0.4 is 0 Å². The first kappa shape index (κ1) is 7.60.